The van der Waals surface area contributed by atoms with Gasteiger partial charge in [-0.05, 0) is 24.1 Å². The summed E-state index contributed by atoms with van der Waals surface area (Å²) in [4.78, 5) is 25.6. The van der Waals surface area contributed by atoms with E-state index in [1.165, 1.54) is 28.6 Å². The number of amides is 2. The zero-order valence-corrected chi connectivity index (χ0v) is 18.3. The monoisotopic (exact) mass is 465 g/mol. The smallest absolute Gasteiger partial charge is 0.379 e. The van der Waals surface area contributed by atoms with Gasteiger partial charge in [-0.2, -0.15) is 17.5 Å². The molecule has 0 bridgehead atoms. The lowest BCUT2D eigenvalue weighted by Crippen LogP contribution is -2.51. The number of nitrogens with zero attached hydrogens (tertiary/aromatic N) is 2. The highest BCUT2D eigenvalue weighted by Gasteiger charge is 2.35. The molecule has 1 aromatic carbocycles. The van der Waals surface area contributed by atoms with Gasteiger partial charge >= 0.3 is 6.18 Å². The van der Waals surface area contributed by atoms with E-state index < -0.39 is 46.5 Å². The third-order valence-electron chi connectivity index (χ3n) is 4.72. The second kappa shape index (κ2) is 9.96. The SMILES string of the molecule is CC(C)C(NC(=O)c1cccc(S(=O)(=O)N2CCOCC2)c1)C(=O)N(C)CC(F)(F)F. The number of halogens is 3. The number of sulfonamides is 1. The summed E-state index contributed by atoms with van der Waals surface area (Å²) in [5.74, 6) is -2.14. The summed E-state index contributed by atoms with van der Waals surface area (Å²) in [6.07, 6.45) is -4.57. The Hall–Kier alpha value is -2.18. The average Bonchev–Trinajstić information content (AvgIpc) is 2.70. The molecule has 1 N–H and O–H groups in total. The molecule has 1 atom stereocenters. The number of nitrogens with one attached hydrogen (secondary N) is 1. The van der Waals surface area contributed by atoms with E-state index in [1.807, 2.05) is 0 Å². The van der Waals surface area contributed by atoms with Crippen LogP contribution in [0.1, 0.15) is 24.2 Å². The number of ether oxygens (including phenoxy) is 1. The van der Waals surface area contributed by atoms with E-state index in [-0.39, 0.29) is 36.8 Å². The third kappa shape index (κ3) is 6.65. The molecule has 1 aliphatic heterocycles. The third-order valence-corrected chi connectivity index (χ3v) is 6.61. The average molecular weight is 465 g/mol. The van der Waals surface area contributed by atoms with E-state index in [0.717, 1.165) is 7.05 Å². The Bertz CT molecular complexity index is 899. The van der Waals surface area contributed by atoms with Crippen molar-refractivity contribution < 1.29 is 35.9 Å². The number of alkyl halides is 3. The fourth-order valence-electron chi connectivity index (χ4n) is 3.06. The van der Waals surface area contributed by atoms with Gasteiger partial charge in [0.2, 0.25) is 15.9 Å². The normalized spacial score (nSPS) is 16.7. The Balaban J connectivity index is 2.20. The van der Waals surface area contributed by atoms with Gasteiger partial charge in [0, 0.05) is 25.7 Å². The van der Waals surface area contributed by atoms with Crippen molar-refractivity contribution in [2.75, 3.05) is 39.9 Å². The van der Waals surface area contributed by atoms with Gasteiger partial charge in [-0.25, -0.2) is 8.42 Å². The topological polar surface area (TPSA) is 96.0 Å². The first-order valence-corrected chi connectivity index (χ1v) is 11.1. The minimum Gasteiger partial charge on any atom is -0.379 e. The lowest BCUT2D eigenvalue weighted by atomic mass is 10.0. The number of carbonyl (C=O) groups excluding carboxylic acids is 2. The van der Waals surface area contributed by atoms with Crippen LogP contribution in [-0.4, -0.2) is 81.6 Å². The van der Waals surface area contributed by atoms with Crippen molar-refractivity contribution in [2.24, 2.45) is 5.92 Å². The molecule has 174 valence electrons. The number of likely N-dealkylation sites (N-methyl/N-ethyl adjacent to an activating group) is 1. The van der Waals surface area contributed by atoms with Crippen LogP contribution < -0.4 is 5.32 Å². The number of hydrogen-bond acceptors (Lipinski definition) is 5. The van der Waals surface area contributed by atoms with E-state index in [4.69, 9.17) is 4.74 Å². The summed E-state index contributed by atoms with van der Waals surface area (Å²) in [5, 5.41) is 2.43. The predicted octanol–water partition coefficient (Wildman–Crippen LogP) is 1.48. The number of carbonyl (C=O) groups is 2. The highest BCUT2D eigenvalue weighted by molar-refractivity contribution is 7.89. The van der Waals surface area contributed by atoms with Crippen LogP contribution >= 0.6 is 0 Å². The van der Waals surface area contributed by atoms with Gasteiger partial charge in [-0.1, -0.05) is 19.9 Å². The van der Waals surface area contributed by atoms with Crippen LogP contribution in [0.25, 0.3) is 0 Å². The van der Waals surface area contributed by atoms with Crippen molar-refractivity contribution >= 4 is 21.8 Å². The summed E-state index contributed by atoms with van der Waals surface area (Å²) in [6.45, 7) is 2.64. The van der Waals surface area contributed by atoms with Gasteiger partial charge in [0.25, 0.3) is 5.91 Å². The molecule has 0 saturated carbocycles. The minimum absolute atomic E-state index is 0.0220. The molecule has 0 radical (unpaired) electrons. The number of benzene rings is 1. The summed E-state index contributed by atoms with van der Waals surface area (Å²) < 4.78 is 69.8. The maximum atomic E-state index is 12.8. The van der Waals surface area contributed by atoms with Gasteiger partial charge in [0.05, 0.1) is 18.1 Å². The lowest BCUT2D eigenvalue weighted by Gasteiger charge is -2.28. The zero-order chi connectivity index (χ0) is 23.4. The van der Waals surface area contributed by atoms with E-state index >= 15 is 0 Å². The number of morpholine rings is 1. The molecule has 0 spiro atoms. The van der Waals surface area contributed by atoms with Crippen LogP contribution in [0.2, 0.25) is 0 Å². The van der Waals surface area contributed by atoms with E-state index in [9.17, 15) is 31.2 Å². The van der Waals surface area contributed by atoms with E-state index in [1.54, 1.807) is 13.8 Å². The van der Waals surface area contributed by atoms with Crippen molar-refractivity contribution in [2.45, 2.75) is 31.0 Å². The molecule has 2 rings (SSSR count). The second-order valence-electron chi connectivity index (χ2n) is 7.55. The Morgan fingerprint density at radius 3 is 2.39 bits per heavy atom. The Morgan fingerprint density at radius 2 is 1.84 bits per heavy atom. The molecule has 1 heterocycles. The molecule has 12 heteroatoms. The van der Waals surface area contributed by atoms with E-state index in [2.05, 4.69) is 5.32 Å². The maximum Gasteiger partial charge on any atom is 0.406 e. The number of hydrogen-bond donors (Lipinski definition) is 1. The quantitative estimate of drug-likeness (QED) is 0.658. The molecular formula is C19H26F3N3O5S. The standard InChI is InChI=1S/C19H26F3N3O5S/c1-13(2)16(18(27)24(3)12-19(20,21)22)23-17(26)14-5-4-6-15(11-14)31(28,29)25-7-9-30-10-8-25/h4-6,11,13,16H,7-10,12H2,1-3H3,(H,23,26). The summed E-state index contributed by atoms with van der Waals surface area (Å²) in [7, 11) is -2.83. The van der Waals surface area contributed by atoms with Crippen LogP contribution in [0.15, 0.2) is 29.2 Å². The van der Waals surface area contributed by atoms with Crippen LogP contribution in [0.5, 0.6) is 0 Å². The van der Waals surface area contributed by atoms with Crippen molar-refractivity contribution in [3.05, 3.63) is 29.8 Å². The van der Waals surface area contributed by atoms with Gasteiger partial charge in [-0.3, -0.25) is 9.59 Å². The minimum atomic E-state index is -4.57. The summed E-state index contributed by atoms with van der Waals surface area (Å²) >= 11 is 0. The molecular weight excluding hydrogens is 439 g/mol. The highest BCUT2D eigenvalue weighted by Crippen LogP contribution is 2.20. The zero-order valence-electron chi connectivity index (χ0n) is 17.5. The fourth-order valence-corrected chi connectivity index (χ4v) is 4.51. The molecule has 1 saturated heterocycles. The van der Waals surface area contributed by atoms with Gasteiger partial charge in [0.1, 0.15) is 12.6 Å². The summed E-state index contributed by atoms with van der Waals surface area (Å²) in [6, 6.07) is 4.09. The van der Waals surface area contributed by atoms with Crippen molar-refractivity contribution in [1.82, 2.24) is 14.5 Å². The van der Waals surface area contributed by atoms with Gasteiger partial charge < -0.3 is 15.0 Å². The molecule has 8 nitrogen and oxygen atoms in total. The second-order valence-corrected chi connectivity index (χ2v) is 9.49. The van der Waals surface area contributed by atoms with Gasteiger partial charge in [0.15, 0.2) is 0 Å². The lowest BCUT2D eigenvalue weighted by molar-refractivity contribution is -0.160. The first-order chi connectivity index (χ1) is 14.3. The molecule has 2 amide bonds. The molecule has 1 aromatic rings. The van der Waals surface area contributed by atoms with E-state index in [0.29, 0.717) is 4.90 Å². The molecule has 1 fully saturated rings. The first-order valence-electron chi connectivity index (χ1n) is 9.63. The molecule has 1 aliphatic rings. The Labute approximate surface area is 179 Å². The highest BCUT2D eigenvalue weighted by atomic mass is 32.2. The summed E-state index contributed by atoms with van der Waals surface area (Å²) in [5.41, 5.74) is -0.0220. The van der Waals surface area contributed by atoms with Crippen LogP contribution in [0, 0.1) is 5.92 Å². The van der Waals surface area contributed by atoms with Crippen molar-refractivity contribution in [1.29, 1.82) is 0 Å². The van der Waals surface area contributed by atoms with Crippen LogP contribution in [-0.2, 0) is 19.6 Å². The fraction of sp³-hybridized carbons (Fsp3) is 0.579. The largest absolute Gasteiger partial charge is 0.406 e. The first kappa shape index (κ1) is 25.1. The van der Waals surface area contributed by atoms with Crippen molar-refractivity contribution in [3.63, 3.8) is 0 Å². The molecule has 0 aromatic heterocycles. The Kier molecular flexibility index (Phi) is 8.06. The van der Waals surface area contributed by atoms with Crippen molar-refractivity contribution in [3.8, 4) is 0 Å². The van der Waals surface area contributed by atoms with Crippen LogP contribution in [0.4, 0.5) is 13.2 Å². The van der Waals surface area contributed by atoms with Crippen LogP contribution in [0.3, 0.4) is 0 Å². The maximum absolute atomic E-state index is 12.8. The van der Waals surface area contributed by atoms with Gasteiger partial charge in [-0.15, -0.1) is 0 Å². The number of rotatable bonds is 7. The molecule has 31 heavy (non-hydrogen) atoms. The Morgan fingerprint density at radius 1 is 1.23 bits per heavy atom. The predicted molar refractivity (Wildman–Crippen MR) is 106 cm³/mol. The molecule has 1 unspecified atom stereocenters. The molecule has 0 aliphatic carbocycles.